The Morgan fingerprint density at radius 3 is 2.78 bits per heavy atom. The first kappa shape index (κ1) is 6.29. The molecule has 0 radical (unpaired) electrons. The molecule has 1 saturated heterocycles. The fraction of sp³-hybridized carbons (Fsp3) is 0.500. The van der Waals surface area contributed by atoms with Crippen molar-refractivity contribution in [1.29, 1.82) is 0 Å². The molecule has 0 aliphatic carbocycles. The maximum atomic E-state index is 10.4. The minimum atomic E-state index is -0.332. The second-order valence-electron chi connectivity index (χ2n) is 1.92. The Morgan fingerprint density at radius 1 is 1.78 bits per heavy atom. The van der Waals surface area contributed by atoms with Gasteiger partial charge in [0.15, 0.2) is 0 Å². The van der Waals surface area contributed by atoms with Gasteiger partial charge in [0.1, 0.15) is 6.10 Å². The summed E-state index contributed by atoms with van der Waals surface area (Å²) in [6.07, 6.45) is 1.26. The Morgan fingerprint density at radius 2 is 2.44 bits per heavy atom. The summed E-state index contributed by atoms with van der Waals surface area (Å²) < 4.78 is 4.82. The lowest BCUT2D eigenvalue weighted by Crippen LogP contribution is -2.49. The summed E-state index contributed by atoms with van der Waals surface area (Å²) in [6.45, 7) is 4.83. The monoisotopic (exact) mass is 127 g/mol. The molecule has 1 fully saturated rings. The molecular formula is C6H9NO2. The number of hydrogen-bond donors (Lipinski definition) is 1. The summed E-state index contributed by atoms with van der Waals surface area (Å²) >= 11 is 0. The van der Waals surface area contributed by atoms with E-state index in [-0.39, 0.29) is 12.1 Å². The first-order chi connectivity index (χ1) is 4.33. The lowest BCUT2D eigenvalue weighted by atomic mass is 10.2. The fourth-order valence-corrected chi connectivity index (χ4v) is 0.558. The minimum Gasteiger partial charge on any atom is -0.457 e. The van der Waals surface area contributed by atoms with Crippen LogP contribution in [0.3, 0.4) is 0 Å². The Hall–Kier alpha value is -0.830. The standard InChI is InChI=1S/C6H9NO2/c1-2-6(8)9-5-3-7-4-5/h2,5,7H,1,3-4H2. The summed E-state index contributed by atoms with van der Waals surface area (Å²) in [5.74, 6) is -0.332. The van der Waals surface area contributed by atoms with Crippen LogP contribution >= 0.6 is 0 Å². The van der Waals surface area contributed by atoms with Crippen LogP contribution < -0.4 is 5.32 Å². The number of nitrogens with one attached hydrogen (secondary N) is 1. The molecule has 0 amide bonds. The highest BCUT2D eigenvalue weighted by atomic mass is 16.5. The smallest absolute Gasteiger partial charge is 0.330 e. The Labute approximate surface area is 53.7 Å². The van der Waals surface area contributed by atoms with Gasteiger partial charge in [-0.3, -0.25) is 0 Å². The molecule has 0 spiro atoms. The summed E-state index contributed by atoms with van der Waals surface area (Å²) in [5, 5.41) is 2.98. The van der Waals surface area contributed by atoms with Crippen LogP contribution in [0.1, 0.15) is 0 Å². The van der Waals surface area contributed by atoms with Crippen LogP contribution in [0.2, 0.25) is 0 Å². The highest BCUT2D eigenvalue weighted by molar-refractivity contribution is 5.81. The quantitative estimate of drug-likeness (QED) is 0.408. The normalized spacial score (nSPS) is 18.2. The van der Waals surface area contributed by atoms with Crippen LogP contribution in [0.15, 0.2) is 12.7 Å². The number of esters is 1. The van der Waals surface area contributed by atoms with Crippen molar-refractivity contribution in [3.8, 4) is 0 Å². The summed E-state index contributed by atoms with van der Waals surface area (Å²) in [6, 6.07) is 0. The second-order valence-corrected chi connectivity index (χ2v) is 1.92. The molecule has 1 aliphatic heterocycles. The number of rotatable bonds is 2. The first-order valence-electron chi connectivity index (χ1n) is 2.86. The molecule has 0 bridgehead atoms. The number of hydrogen-bond acceptors (Lipinski definition) is 3. The highest BCUT2D eigenvalue weighted by Crippen LogP contribution is 1.97. The van der Waals surface area contributed by atoms with E-state index in [0.717, 1.165) is 13.1 Å². The van der Waals surface area contributed by atoms with E-state index in [9.17, 15) is 4.79 Å². The van der Waals surface area contributed by atoms with Gasteiger partial charge in [0, 0.05) is 19.2 Å². The van der Waals surface area contributed by atoms with Gasteiger partial charge in [-0.2, -0.15) is 0 Å². The van der Waals surface area contributed by atoms with E-state index in [2.05, 4.69) is 11.9 Å². The van der Waals surface area contributed by atoms with E-state index in [0.29, 0.717) is 0 Å². The maximum absolute atomic E-state index is 10.4. The molecule has 0 saturated carbocycles. The van der Waals surface area contributed by atoms with Crippen molar-refractivity contribution in [2.45, 2.75) is 6.10 Å². The molecule has 3 nitrogen and oxygen atoms in total. The van der Waals surface area contributed by atoms with Crippen molar-refractivity contribution in [3.05, 3.63) is 12.7 Å². The number of carbonyl (C=O) groups excluding carboxylic acids is 1. The maximum Gasteiger partial charge on any atom is 0.330 e. The minimum absolute atomic E-state index is 0.0792. The zero-order chi connectivity index (χ0) is 6.69. The van der Waals surface area contributed by atoms with Crippen molar-refractivity contribution in [2.75, 3.05) is 13.1 Å². The van der Waals surface area contributed by atoms with Crippen LogP contribution in [-0.2, 0) is 9.53 Å². The molecule has 0 unspecified atom stereocenters. The number of ether oxygens (including phenoxy) is 1. The lowest BCUT2D eigenvalue weighted by Gasteiger charge is -2.25. The molecule has 3 heteroatoms. The third-order valence-electron chi connectivity index (χ3n) is 1.19. The fourth-order valence-electron chi connectivity index (χ4n) is 0.558. The predicted molar refractivity (Wildman–Crippen MR) is 32.9 cm³/mol. The molecule has 0 aromatic heterocycles. The Balaban J connectivity index is 2.16. The SMILES string of the molecule is C=CC(=O)OC1CNC1. The van der Waals surface area contributed by atoms with Crippen molar-refractivity contribution in [2.24, 2.45) is 0 Å². The molecule has 50 valence electrons. The van der Waals surface area contributed by atoms with Crippen LogP contribution in [0.25, 0.3) is 0 Å². The first-order valence-corrected chi connectivity index (χ1v) is 2.86. The van der Waals surface area contributed by atoms with Crippen LogP contribution in [0, 0.1) is 0 Å². The number of carbonyl (C=O) groups is 1. The van der Waals surface area contributed by atoms with Gasteiger partial charge in [-0.1, -0.05) is 6.58 Å². The van der Waals surface area contributed by atoms with Crippen molar-refractivity contribution in [1.82, 2.24) is 5.32 Å². The van der Waals surface area contributed by atoms with E-state index >= 15 is 0 Å². The second kappa shape index (κ2) is 2.64. The van der Waals surface area contributed by atoms with Crippen LogP contribution in [-0.4, -0.2) is 25.2 Å². The average molecular weight is 127 g/mol. The lowest BCUT2D eigenvalue weighted by molar-refractivity contribution is -0.145. The molecule has 1 rings (SSSR count). The summed E-state index contributed by atoms with van der Waals surface area (Å²) in [4.78, 5) is 10.4. The van der Waals surface area contributed by atoms with Gasteiger partial charge in [-0.25, -0.2) is 4.79 Å². The van der Waals surface area contributed by atoms with Crippen LogP contribution in [0.4, 0.5) is 0 Å². The van der Waals surface area contributed by atoms with Gasteiger partial charge in [0.05, 0.1) is 0 Å². The zero-order valence-electron chi connectivity index (χ0n) is 5.09. The average Bonchev–Trinajstić information content (AvgIpc) is 1.78. The van der Waals surface area contributed by atoms with Gasteiger partial charge in [-0.05, 0) is 0 Å². The van der Waals surface area contributed by atoms with Crippen molar-refractivity contribution < 1.29 is 9.53 Å². The molecule has 1 aliphatic rings. The van der Waals surface area contributed by atoms with Crippen LogP contribution in [0.5, 0.6) is 0 Å². The van der Waals surface area contributed by atoms with Gasteiger partial charge in [-0.15, -0.1) is 0 Å². The molecule has 0 atom stereocenters. The van der Waals surface area contributed by atoms with Gasteiger partial charge < -0.3 is 10.1 Å². The largest absolute Gasteiger partial charge is 0.457 e. The summed E-state index contributed by atoms with van der Waals surface area (Å²) in [5.41, 5.74) is 0. The predicted octanol–water partition coefficient (Wildman–Crippen LogP) is -0.313. The molecule has 9 heavy (non-hydrogen) atoms. The topological polar surface area (TPSA) is 38.3 Å². The summed E-state index contributed by atoms with van der Waals surface area (Å²) in [7, 11) is 0. The van der Waals surface area contributed by atoms with Gasteiger partial charge in [0.2, 0.25) is 0 Å². The van der Waals surface area contributed by atoms with Gasteiger partial charge in [0.25, 0.3) is 0 Å². The van der Waals surface area contributed by atoms with E-state index in [4.69, 9.17) is 4.74 Å². The molecule has 0 aromatic rings. The van der Waals surface area contributed by atoms with Crippen molar-refractivity contribution >= 4 is 5.97 Å². The van der Waals surface area contributed by atoms with E-state index in [1.807, 2.05) is 0 Å². The van der Waals surface area contributed by atoms with Gasteiger partial charge >= 0.3 is 5.97 Å². The molecule has 1 N–H and O–H groups in total. The van der Waals surface area contributed by atoms with E-state index < -0.39 is 0 Å². The van der Waals surface area contributed by atoms with E-state index in [1.165, 1.54) is 6.08 Å². The third kappa shape index (κ3) is 1.54. The molecule has 0 aromatic carbocycles. The Bertz CT molecular complexity index is 129. The molecular weight excluding hydrogens is 118 g/mol. The third-order valence-corrected chi connectivity index (χ3v) is 1.19. The van der Waals surface area contributed by atoms with Crippen molar-refractivity contribution in [3.63, 3.8) is 0 Å². The Kier molecular flexibility index (Phi) is 1.85. The molecule has 1 heterocycles. The van der Waals surface area contributed by atoms with E-state index in [1.54, 1.807) is 0 Å². The zero-order valence-corrected chi connectivity index (χ0v) is 5.09. The highest BCUT2D eigenvalue weighted by Gasteiger charge is 2.19.